The van der Waals surface area contributed by atoms with Gasteiger partial charge in [-0.15, -0.1) is 0 Å². The zero-order chi connectivity index (χ0) is 10.8. The molecular formula is C15H27N. The lowest BCUT2D eigenvalue weighted by Crippen LogP contribution is -2.35. The van der Waals surface area contributed by atoms with E-state index in [0.717, 1.165) is 23.8 Å². The predicted octanol–water partition coefficient (Wildman–Crippen LogP) is 3.74. The van der Waals surface area contributed by atoms with E-state index in [-0.39, 0.29) is 0 Å². The number of nitrogens with one attached hydrogen (secondary N) is 1. The van der Waals surface area contributed by atoms with Crippen molar-refractivity contribution >= 4 is 0 Å². The van der Waals surface area contributed by atoms with Crippen molar-refractivity contribution in [2.24, 2.45) is 17.8 Å². The third-order valence-corrected chi connectivity index (χ3v) is 5.42. The van der Waals surface area contributed by atoms with Crippen LogP contribution in [0.25, 0.3) is 0 Å². The maximum Gasteiger partial charge on any atom is 0.00980 e. The van der Waals surface area contributed by atoms with Crippen LogP contribution >= 0.6 is 0 Å². The molecule has 0 spiro atoms. The molecule has 3 rings (SSSR count). The molecule has 0 aromatic rings. The van der Waals surface area contributed by atoms with E-state index in [9.17, 15) is 0 Å². The summed E-state index contributed by atoms with van der Waals surface area (Å²) in [5.74, 6) is 3.20. The van der Waals surface area contributed by atoms with E-state index >= 15 is 0 Å². The van der Waals surface area contributed by atoms with Crippen molar-refractivity contribution in [1.29, 1.82) is 0 Å². The van der Waals surface area contributed by atoms with Crippen LogP contribution in [-0.4, -0.2) is 12.6 Å². The number of fused-ring (bicyclic) bond motifs is 2. The van der Waals surface area contributed by atoms with Gasteiger partial charge in [0.05, 0.1) is 0 Å². The lowest BCUT2D eigenvalue weighted by Gasteiger charge is -2.26. The molecule has 3 atom stereocenters. The van der Waals surface area contributed by atoms with E-state index < -0.39 is 0 Å². The van der Waals surface area contributed by atoms with Gasteiger partial charge in [0.15, 0.2) is 0 Å². The highest BCUT2D eigenvalue weighted by Crippen LogP contribution is 2.44. The van der Waals surface area contributed by atoms with Gasteiger partial charge in [-0.2, -0.15) is 0 Å². The van der Waals surface area contributed by atoms with Gasteiger partial charge in [-0.3, -0.25) is 0 Å². The van der Waals surface area contributed by atoms with Crippen molar-refractivity contribution in [3.8, 4) is 0 Å². The molecule has 1 nitrogen and oxygen atoms in total. The summed E-state index contributed by atoms with van der Waals surface area (Å²) >= 11 is 0. The minimum atomic E-state index is 0.905. The lowest BCUT2D eigenvalue weighted by molar-refractivity contribution is 0.304. The van der Waals surface area contributed by atoms with E-state index in [1.807, 2.05) is 0 Å². The maximum atomic E-state index is 3.86. The van der Waals surface area contributed by atoms with Crippen molar-refractivity contribution in [1.82, 2.24) is 5.32 Å². The molecule has 92 valence electrons. The van der Waals surface area contributed by atoms with Crippen LogP contribution in [0.2, 0.25) is 0 Å². The zero-order valence-corrected chi connectivity index (χ0v) is 10.6. The van der Waals surface area contributed by atoms with Gasteiger partial charge < -0.3 is 5.32 Å². The van der Waals surface area contributed by atoms with Crippen molar-refractivity contribution < 1.29 is 0 Å². The van der Waals surface area contributed by atoms with Gasteiger partial charge in [-0.05, 0) is 50.0 Å². The van der Waals surface area contributed by atoms with Crippen LogP contribution in [0.5, 0.6) is 0 Å². The summed E-state index contributed by atoms with van der Waals surface area (Å²) in [6.45, 7) is 1.30. The van der Waals surface area contributed by atoms with Crippen LogP contribution in [-0.2, 0) is 0 Å². The third kappa shape index (κ3) is 2.45. The lowest BCUT2D eigenvalue weighted by atomic mass is 9.87. The Morgan fingerprint density at radius 3 is 2.44 bits per heavy atom. The van der Waals surface area contributed by atoms with Crippen LogP contribution in [0.4, 0.5) is 0 Å². The molecule has 0 aromatic carbocycles. The standard InChI is InChI=1S/C15H27N/c1-2-4-12(5-3-1)8-9-16-15-11-13-6-7-14(15)10-13/h12-16H,1-11H2. The van der Waals surface area contributed by atoms with Gasteiger partial charge in [0.2, 0.25) is 0 Å². The highest BCUT2D eigenvalue weighted by molar-refractivity contribution is 4.94. The first-order valence-electron chi connectivity index (χ1n) is 7.65. The first-order valence-corrected chi connectivity index (χ1v) is 7.65. The van der Waals surface area contributed by atoms with Crippen LogP contribution in [0.3, 0.4) is 0 Å². The Morgan fingerprint density at radius 1 is 0.875 bits per heavy atom. The fourth-order valence-corrected chi connectivity index (χ4v) is 4.44. The summed E-state index contributed by atoms with van der Waals surface area (Å²) in [5, 5.41) is 3.86. The predicted molar refractivity (Wildman–Crippen MR) is 68.4 cm³/mol. The van der Waals surface area contributed by atoms with E-state index in [1.165, 1.54) is 64.3 Å². The van der Waals surface area contributed by atoms with E-state index in [4.69, 9.17) is 0 Å². The highest BCUT2D eigenvalue weighted by Gasteiger charge is 2.38. The second-order valence-corrected chi connectivity index (χ2v) is 6.53. The van der Waals surface area contributed by atoms with Gasteiger partial charge >= 0.3 is 0 Å². The van der Waals surface area contributed by atoms with Gasteiger partial charge in [-0.25, -0.2) is 0 Å². The van der Waals surface area contributed by atoms with Crippen LogP contribution < -0.4 is 5.32 Å². The Hall–Kier alpha value is -0.0400. The molecule has 2 bridgehead atoms. The molecule has 3 unspecified atom stereocenters. The number of hydrogen-bond donors (Lipinski definition) is 1. The van der Waals surface area contributed by atoms with Crippen molar-refractivity contribution in [3.63, 3.8) is 0 Å². The minimum Gasteiger partial charge on any atom is -0.314 e. The largest absolute Gasteiger partial charge is 0.314 e. The Balaban J connectivity index is 1.34. The summed E-state index contributed by atoms with van der Waals surface area (Å²) in [6.07, 6.45) is 15.1. The molecule has 1 heteroatoms. The van der Waals surface area contributed by atoms with E-state index in [2.05, 4.69) is 5.32 Å². The second kappa shape index (κ2) is 5.08. The summed E-state index contributed by atoms with van der Waals surface area (Å²) in [5.41, 5.74) is 0. The summed E-state index contributed by atoms with van der Waals surface area (Å²) in [4.78, 5) is 0. The fraction of sp³-hybridized carbons (Fsp3) is 1.00. The average molecular weight is 221 g/mol. The number of hydrogen-bond acceptors (Lipinski definition) is 1. The quantitative estimate of drug-likeness (QED) is 0.762. The van der Waals surface area contributed by atoms with E-state index in [0.29, 0.717) is 0 Å². The molecule has 0 aromatic heterocycles. The van der Waals surface area contributed by atoms with Crippen molar-refractivity contribution in [3.05, 3.63) is 0 Å². The summed E-state index contributed by atoms with van der Waals surface area (Å²) in [7, 11) is 0. The summed E-state index contributed by atoms with van der Waals surface area (Å²) < 4.78 is 0. The molecule has 0 saturated heterocycles. The van der Waals surface area contributed by atoms with Crippen molar-refractivity contribution in [2.75, 3.05) is 6.54 Å². The van der Waals surface area contributed by atoms with Gasteiger partial charge in [-0.1, -0.05) is 38.5 Å². The molecule has 0 amide bonds. The Bertz CT molecular complexity index is 219. The molecule has 3 aliphatic rings. The number of rotatable bonds is 4. The minimum absolute atomic E-state index is 0.905. The van der Waals surface area contributed by atoms with E-state index in [1.54, 1.807) is 6.42 Å². The maximum absolute atomic E-state index is 3.86. The van der Waals surface area contributed by atoms with Crippen LogP contribution in [0, 0.1) is 17.8 Å². The highest BCUT2D eigenvalue weighted by atomic mass is 14.9. The first kappa shape index (κ1) is 11.1. The monoisotopic (exact) mass is 221 g/mol. The van der Waals surface area contributed by atoms with Crippen molar-refractivity contribution in [2.45, 2.75) is 70.3 Å². The third-order valence-electron chi connectivity index (χ3n) is 5.42. The Labute approximate surface area is 100 Å². The first-order chi connectivity index (χ1) is 7.92. The SMILES string of the molecule is C1CCC(CCNC2CC3CCC2C3)CC1. The molecule has 0 aliphatic heterocycles. The molecule has 3 aliphatic carbocycles. The smallest absolute Gasteiger partial charge is 0.00980 e. The topological polar surface area (TPSA) is 12.0 Å². The van der Waals surface area contributed by atoms with Gasteiger partial charge in [0.25, 0.3) is 0 Å². The van der Waals surface area contributed by atoms with Gasteiger partial charge in [0, 0.05) is 6.04 Å². The molecule has 0 radical (unpaired) electrons. The van der Waals surface area contributed by atoms with Crippen LogP contribution in [0.1, 0.15) is 64.2 Å². The molecular weight excluding hydrogens is 194 g/mol. The molecule has 3 saturated carbocycles. The normalized spacial score (nSPS) is 39.4. The Kier molecular flexibility index (Phi) is 3.51. The summed E-state index contributed by atoms with van der Waals surface area (Å²) in [6, 6.07) is 0.905. The average Bonchev–Trinajstić information content (AvgIpc) is 2.92. The Morgan fingerprint density at radius 2 is 1.75 bits per heavy atom. The molecule has 1 N–H and O–H groups in total. The fourth-order valence-electron chi connectivity index (χ4n) is 4.44. The molecule has 3 fully saturated rings. The molecule has 16 heavy (non-hydrogen) atoms. The van der Waals surface area contributed by atoms with Crippen LogP contribution in [0.15, 0.2) is 0 Å². The molecule has 0 heterocycles. The second-order valence-electron chi connectivity index (χ2n) is 6.53. The zero-order valence-electron chi connectivity index (χ0n) is 10.6. The van der Waals surface area contributed by atoms with Gasteiger partial charge in [0.1, 0.15) is 0 Å².